The summed E-state index contributed by atoms with van der Waals surface area (Å²) in [5.41, 5.74) is 0.418. The summed E-state index contributed by atoms with van der Waals surface area (Å²) in [6, 6.07) is 0.718. The molecule has 19 heavy (non-hydrogen) atoms. The highest BCUT2D eigenvalue weighted by atomic mass is 32.2. The molecule has 0 spiro atoms. The van der Waals surface area contributed by atoms with Crippen molar-refractivity contribution in [2.75, 3.05) is 31.1 Å². The third-order valence-corrected chi connectivity index (χ3v) is 5.69. The number of nitrogens with one attached hydrogen (secondary N) is 1. The SMILES string of the molecule is CCCC1CN(CCCSCC)C(CC)(CC)CN1. The van der Waals surface area contributed by atoms with Crippen LogP contribution in [-0.4, -0.2) is 47.6 Å². The second kappa shape index (κ2) is 9.25. The van der Waals surface area contributed by atoms with Gasteiger partial charge in [0.05, 0.1) is 0 Å². The van der Waals surface area contributed by atoms with Crippen molar-refractivity contribution in [3.05, 3.63) is 0 Å². The Balaban J connectivity index is 2.54. The lowest BCUT2D eigenvalue weighted by Gasteiger charge is -2.50. The van der Waals surface area contributed by atoms with Crippen molar-refractivity contribution < 1.29 is 0 Å². The molecular weight excluding hydrogens is 252 g/mol. The van der Waals surface area contributed by atoms with E-state index in [-0.39, 0.29) is 0 Å². The predicted octanol–water partition coefficient (Wildman–Crippen LogP) is 3.76. The van der Waals surface area contributed by atoms with Gasteiger partial charge in [0.2, 0.25) is 0 Å². The Kier molecular flexibility index (Phi) is 8.43. The van der Waals surface area contributed by atoms with Crippen molar-refractivity contribution in [3.8, 4) is 0 Å². The quantitative estimate of drug-likeness (QED) is 0.650. The normalized spacial score (nSPS) is 23.7. The lowest BCUT2D eigenvalue weighted by Crippen LogP contribution is -2.64. The number of nitrogens with zero attached hydrogens (tertiary/aromatic N) is 1. The van der Waals surface area contributed by atoms with Crippen molar-refractivity contribution in [2.24, 2.45) is 0 Å². The molecule has 0 aromatic rings. The summed E-state index contributed by atoms with van der Waals surface area (Å²) in [6.45, 7) is 13.0. The zero-order valence-electron chi connectivity index (χ0n) is 13.5. The van der Waals surface area contributed by atoms with Gasteiger partial charge in [0.1, 0.15) is 0 Å². The molecule has 3 heteroatoms. The number of hydrogen-bond donors (Lipinski definition) is 1. The minimum absolute atomic E-state index is 0.418. The van der Waals surface area contributed by atoms with Gasteiger partial charge in [0.25, 0.3) is 0 Å². The second-order valence-corrected chi connectivity index (χ2v) is 7.19. The van der Waals surface area contributed by atoms with Crippen molar-refractivity contribution in [2.45, 2.75) is 71.4 Å². The molecule has 0 amide bonds. The molecule has 1 saturated heterocycles. The monoisotopic (exact) mass is 286 g/mol. The molecule has 0 aromatic heterocycles. The Morgan fingerprint density at radius 2 is 1.95 bits per heavy atom. The summed E-state index contributed by atoms with van der Waals surface area (Å²) in [7, 11) is 0. The van der Waals surface area contributed by atoms with Gasteiger partial charge in [-0.3, -0.25) is 4.90 Å². The first-order valence-corrected chi connectivity index (χ1v) is 9.44. The van der Waals surface area contributed by atoms with Gasteiger partial charge in [-0.25, -0.2) is 0 Å². The fraction of sp³-hybridized carbons (Fsp3) is 1.00. The van der Waals surface area contributed by atoms with Crippen LogP contribution in [-0.2, 0) is 0 Å². The molecule has 0 saturated carbocycles. The van der Waals surface area contributed by atoms with Gasteiger partial charge in [-0.15, -0.1) is 0 Å². The second-order valence-electron chi connectivity index (χ2n) is 5.79. The van der Waals surface area contributed by atoms with E-state index in [4.69, 9.17) is 0 Å². The van der Waals surface area contributed by atoms with E-state index < -0.39 is 0 Å². The minimum atomic E-state index is 0.418. The molecule has 0 aromatic carbocycles. The van der Waals surface area contributed by atoms with Crippen LogP contribution in [0.4, 0.5) is 0 Å². The molecule has 2 nitrogen and oxygen atoms in total. The van der Waals surface area contributed by atoms with Gasteiger partial charge in [0.15, 0.2) is 0 Å². The van der Waals surface area contributed by atoms with E-state index in [9.17, 15) is 0 Å². The van der Waals surface area contributed by atoms with Crippen LogP contribution in [0.1, 0.15) is 59.8 Å². The van der Waals surface area contributed by atoms with Crippen LogP contribution in [0, 0.1) is 0 Å². The molecule has 1 aliphatic rings. The topological polar surface area (TPSA) is 15.3 Å². The number of rotatable bonds is 9. The van der Waals surface area contributed by atoms with Crippen LogP contribution in [0.5, 0.6) is 0 Å². The summed E-state index contributed by atoms with van der Waals surface area (Å²) >= 11 is 2.08. The predicted molar refractivity (Wildman–Crippen MR) is 89.2 cm³/mol. The molecule has 1 N–H and O–H groups in total. The Labute approximate surface area is 125 Å². The highest BCUT2D eigenvalue weighted by Gasteiger charge is 2.37. The molecule has 1 atom stereocenters. The van der Waals surface area contributed by atoms with E-state index in [1.54, 1.807) is 0 Å². The summed E-state index contributed by atoms with van der Waals surface area (Å²) < 4.78 is 0. The van der Waals surface area contributed by atoms with E-state index in [2.05, 4.69) is 49.7 Å². The number of piperazine rings is 1. The standard InChI is InChI=1S/C16H34N2S/c1-5-10-15-13-18(11-9-12-19-8-4)16(6-2,7-3)14-17-15/h15,17H,5-14H2,1-4H3. The third-order valence-electron chi connectivity index (χ3n) is 4.71. The van der Waals surface area contributed by atoms with Crippen LogP contribution in [0.2, 0.25) is 0 Å². The average molecular weight is 287 g/mol. The first-order valence-electron chi connectivity index (χ1n) is 8.28. The Morgan fingerprint density at radius 3 is 2.53 bits per heavy atom. The van der Waals surface area contributed by atoms with Crippen molar-refractivity contribution in [1.29, 1.82) is 0 Å². The smallest absolute Gasteiger partial charge is 0.0329 e. The molecular formula is C16H34N2S. The van der Waals surface area contributed by atoms with Gasteiger partial charge in [-0.05, 0) is 43.7 Å². The Hall–Kier alpha value is 0.270. The summed E-state index contributed by atoms with van der Waals surface area (Å²) in [4.78, 5) is 2.81. The first kappa shape index (κ1) is 17.3. The van der Waals surface area contributed by atoms with Gasteiger partial charge in [-0.2, -0.15) is 11.8 Å². The lowest BCUT2D eigenvalue weighted by atomic mass is 9.86. The maximum absolute atomic E-state index is 3.80. The minimum Gasteiger partial charge on any atom is -0.311 e. The largest absolute Gasteiger partial charge is 0.311 e. The Morgan fingerprint density at radius 1 is 1.21 bits per heavy atom. The average Bonchev–Trinajstić information content (AvgIpc) is 2.45. The maximum Gasteiger partial charge on any atom is 0.0329 e. The highest BCUT2D eigenvalue weighted by molar-refractivity contribution is 7.99. The zero-order valence-corrected chi connectivity index (χ0v) is 14.3. The molecule has 1 unspecified atom stereocenters. The molecule has 0 bridgehead atoms. The van der Waals surface area contributed by atoms with Gasteiger partial charge in [-0.1, -0.05) is 34.1 Å². The summed E-state index contributed by atoms with van der Waals surface area (Å²) in [6.07, 6.45) is 6.51. The van der Waals surface area contributed by atoms with E-state index in [0.717, 1.165) is 6.04 Å². The summed E-state index contributed by atoms with van der Waals surface area (Å²) in [5, 5.41) is 3.80. The van der Waals surface area contributed by atoms with Crippen LogP contribution < -0.4 is 5.32 Å². The van der Waals surface area contributed by atoms with E-state index in [0.29, 0.717) is 5.54 Å². The van der Waals surface area contributed by atoms with E-state index >= 15 is 0 Å². The number of thioether (sulfide) groups is 1. The Bertz CT molecular complexity index is 229. The highest BCUT2D eigenvalue weighted by Crippen LogP contribution is 2.28. The molecule has 0 aliphatic carbocycles. The molecule has 1 heterocycles. The molecule has 1 rings (SSSR count). The van der Waals surface area contributed by atoms with Crippen LogP contribution in [0.25, 0.3) is 0 Å². The van der Waals surface area contributed by atoms with Crippen LogP contribution >= 0.6 is 11.8 Å². The molecule has 114 valence electrons. The van der Waals surface area contributed by atoms with E-state index in [1.165, 1.54) is 63.2 Å². The third kappa shape index (κ3) is 4.95. The first-order chi connectivity index (χ1) is 9.22. The van der Waals surface area contributed by atoms with Crippen LogP contribution in [0.3, 0.4) is 0 Å². The van der Waals surface area contributed by atoms with Gasteiger partial charge >= 0.3 is 0 Å². The van der Waals surface area contributed by atoms with Gasteiger partial charge < -0.3 is 5.32 Å². The lowest BCUT2D eigenvalue weighted by molar-refractivity contribution is 0.0302. The molecule has 1 aliphatic heterocycles. The molecule has 1 fully saturated rings. The summed E-state index contributed by atoms with van der Waals surface area (Å²) in [5.74, 6) is 2.58. The fourth-order valence-electron chi connectivity index (χ4n) is 3.29. The van der Waals surface area contributed by atoms with Crippen molar-refractivity contribution in [1.82, 2.24) is 10.2 Å². The number of hydrogen-bond acceptors (Lipinski definition) is 3. The van der Waals surface area contributed by atoms with Gasteiger partial charge in [0, 0.05) is 24.7 Å². The van der Waals surface area contributed by atoms with E-state index in [1.807, 2.05) is 0 Å². The molecule has 0 radical (unpaired) electrons. The zero-order chi connectivity index (χ0) is 14.1. The maximum atomic E-state index is 3.80. The van der Waals surface area contributed by atoms with Crippen LogP contribution in [0.15, 0.2) is 0 Å². The van der Waals surface area contributed by atoms with Crippen molar-refractivity contribution in [3.63, 3.8) is 0 Å². The van der Waals surface area contributed by atoms with Crippen molar-refractivity contribution >= 4 is 11.8 Å². The fourth-order valence-corrected chi connectivity index (χ4v) is 3.91.